The van der Waals surface area contributed by atoms with Crippen molar-refractivity contribution in [3.8, 4) is 11.1 Å². The summed E-state index contributed by atoms with van der Waals surface area (Å²) in [5.74, 6) is -0.323. The van der Waals surface area contributed by atoms with Crippen molar-refractivity contribution in [2.24, 2.45) is 0 Å². The standard InChI is InChI=1S/C18H11FO/c19-15-11-10-13(12-6-2-1-3-7-12)17-14-8-4-5-9-16(14)20-18(15)17/h1-11H. The van der Waals surface area contributed by atoms with E-state index in [1.54, 1.807) is 0 Å². The first-order valence-corrected chi connectivity index (χ1v) is 6.50. The second-order valence-corrected chi connectivity index (χ2v) is 4.76. The molecule has 96 valence electrons. The van der Waals surface area contributed by atoms with E-state index in [-0.39, 0.29) is 5.82 Å². The molecule has 0 unspecified atom stereocenters. The predicted octanol–water partition coefficient (Wildman–Crippen LogP) is 5.39. The van der Waals surface area contributed by atoms with Crippen LogP contribution >= 0.6 is 0 Å². The van der Waals surface area contributed by atoms with Crippen molar-refractivity contribution in [2.75, 3.05) is 0 Å². The molecule has 0 saturated carbocycles. The minimum atomic E-state index is -0.323. The van der Waals surface area contributed by atoms with E-state index in [4.69, 9.17) is 4.42 Å². The summed E-state index contributed by atoms with van der Waals surface area (Å²) in [6.45, 7) is 0. The zero-order valence-electron chi connectivity index (χ0n) is 10.6. The summed E-state index contributed by atoms with van der Waals surface area (Å²) in [7, 11) is 0. The molecule has 20 heavy (non-hydrogen) atoms. The van der Waals surface area contributed by atoms with Gasteiger partial charge in [-0.1, -0.05) is 54.6 Å². The van der Waals surface area contributed by atoms with Crippen LogP contribution in [-0.2, 0) is 0 Å². The molecule has 0 aliphatic heterocycles. The minimum absolute atomic E-state index is 0.323. The molecular weight excluding hydrogens is 251 g/mol. The summed E-state index contributed by atoms with van der Waals surface area (Å²) in [4.78, 5) is 0. The average Bonchev–Trinajstić information content (AvgIpc) is 2.89. The van der Waals surface area contributed by atoms with Gasteiger partial charge in [-0.2, -0.15) is 0 Å². The van der Waals surface area contributed by atoms with Crippen LogP contribution in [0.25, 0.3) is 33.1 Å². The molecule has 0 bridgehead atoms. The normalized spacial score (nSPS) is 11.2. The Labute approximate surface area is 115 Å². The Hall–Kier alpha value is -2.61. The second-order valence-electron chi connectivity index (χ2n) is 4.76. The number of halogens is 1. The van der Waals surface area contributed by atoms with Crippen LogP contribution in [-0.4, -0.2) is 0 Å². The fourth-order valence-electron chi connectivity index (χ4n) is 2.65. The van der Waals surface area contributed by atoms with Gasteiger partial charge >= 0.3 is 0 Å². The maximum Gasteiger partial charge on any atom is 0.171 e. The summed E-state index contributed by atoms with van der Waals surface area (Å²) >= 11 is 0. The van der Waals surface area contributed by atoms with Gasteiger partial charge in [0.25, 0.3) is 0 Å². The Bertz CT molecular complexity index is 907. The van der Waals surface area contributed by atoms with Crippen LogP contribution in [0.2, 0.25) is 0 Å². The van der Waals surface area contributed by atoms with Gasteiger partial charge in [0, 0.05) is 10.8 Å². The van der Waals surface area contributed by atoms with Crippen LogP contribution in [0.4, 0.5) is 4.39 Å². The fraction of sp³-hybridized carbons (Fsp3) is 0. The lowest BCUT2D eigenvalue weighted by atomic mass is 9.99. The average molecular weight is 262 g/mol. The van der Waals surface area contributed by atoms with Crippen LogP contribution in [0.5, 0.6) is 0 Å². The molecule has 1 aromatic heterocycles. The Morgan fingerprint density at radius 3 is 2.35 bits per heavy atom. The molecule has 0 aliphatic carbocycles. The lowest BCUT2D eigenvalue weighted by Gasteiger charge is -2.04. The molecule has 0 spiro atoms. The van der Waals surface area contributed by atoms with E-state index in [0.717, 1.165) is 21.9 Å². The highest BCUT2D eigenvalue weighted by Gasteiger charge is 2.15. The highest BCUT2D eigenvalue weighted by molar-refractivity contribution is 6.12. The van der Waals surface area contributed by atoms with E-state index < -0.39 is 0 Å². The molecule has 0 atom stereocenters. The zero-order valence-corrected chi connectivity index (χ0v) is 10.6. The predicted molar refractivity (Wildman–Crippen MR) is 79.1 cm³/mol. The van der Waals surface area contributed by atoms with E-state index in [9.17, 15) is 4.39 Å². The maximum absolute atomic E-state index is 14.0. The SMILES string of the molecule is Fc1ccc(-c2ccccc2)c2c1oc1ccccc12. The summed E-state index contributed by atoms with van der Waals surface area (Å²) in [5, 5.41) is 1.78. The van der Waals surface area contributed by atoms with Crippen molar-refractivity contribution in [3.05, 3.63) is 72.5 Å². The van der Waals surface area contributed by atoms with Crippen LogP contribution in [0.1, 0.15) is 0 Å². The lowest BCUT2D eigenvalue weighted by molar-refractivity contribution is 0.584. The third-order valence-electron chi connectivity index (χ3n) is 3.56. The first kappa shape index (κ1) is 11.2. The minimum Gasteiger partial charge on any atom is -0.453 e. The van der Waals surface area contributed by atoms with Gasteiger partial charge in [0.2, 0.25) is 0 Å². The van der Waals surface area contributed by atoms with Gasteiger partial charge in [0.15, 0.2) is 11.4 Å². The third-order valence-corrected chi connectivity index (χ3v) is 3.56. The van der Waals surface area contributed by atoms with Crippen molar-refractivity contribution < 1.29 is 8.81 Å². The number of hydrogen-bond acceptors (Lipinski definition) is 1. The smallest absolute Gasteiger partial charge is 0.171 e. The van der Waals surface area contributed by atoms with E-state index in [0.29, 0.717) is 11.2 Å². The summed E-state index contributed by atoms with van der Waals surface area (Å²) in [6, 6.07) is 20.9. The van der Waals surface area contributed by atoms with Gasteiger partial charge < -0.3 is 4.42 Å². The Balaban J connectivity index is 2.19. The molecular formula is C18H11FO. The monoisotopic (exact) mass is 262 g/mol. The first-order chi connectivity index (χ1) is 9.84. The Kier molecular flexibility index (Phi) is 2.36. The van der Waals surface area contributed by atoms with E-state index >= 15 is 0 Å². The quantitative estimate of drug-likeness (QED) is 0.448. The number of hydrogen-bond donors (Lipinski definition) is 0. The van der Waals surface area contributed by atoms with Crippen LogP contribution in [0.15, 0.2) is 71.1 Å². The van der Waals surface area contributed by atoms with Crippen molar-refractivity contribution in [3.63, 3.8) is 0 Å². The molecule has 0 saturated heterocycles. The van der Waals surface area contributed by atoms with Crippen LogP contribution in [0.3, 0.4) is 0 Å². The lowest BCUT2D eigenvalue weighted by Crippen LogP contribution is -1.82. The Morgan fingerprint density at radius 2 is 1.50 bits per heavy atom. The number of furan rings is 1. The molecule has 4 rings (SSSR count). The first-order valence-electron chi connectivity index (χ1n) is 6.50. The summed E-state index contributed by atoms with van der Waals surface area (Å²) in [5.41, 5.74) is 3.09. The van der Waals surface area contributed by atoms with Gasteiger partial charge in [-0.3, -0.25) is 0 Å². The van der Waals surface area contributed by atoms with Crippen molar-refractivity contribution in [1.82, 2.24) is 0 Å². The topological polar surface area (TPSA) is 13.1 Å². The molecule has 0 fully saturated rings. The molecule has 3 aromatic carbocycles. The summed E-state index contributed by atoms with van der Waals surface area (Å²) < 4.78 is 19.7. The molecule has 0 aliphatic rings. The van der Waals surface area contributed by atoms with Crippen molar-refractivity contribution in [2.45, 2.75) is 0 Å². The molecule has 4 aromatic rings. The van der Waals surface area contributed by atoms with Gasteiger partial charge in [0.05, 0.1) is 0 Å². The number of fused-ring (bicyclic) bond motifs is 3. The zero-order chi connectivity index (χ0) is 13.5. The van der Waals surface area contributed by atoms with E-state index in [1.165, 1.54) is 6.07 Å². The highest BCUT2D eigenvalue weighted by Crippen LogP contribution is 2.37. The molecule has 2 heteroatoms. The summed E-state index contributed by atoms with van der Waals surface area (Å²) in [6.07, 6.45) is 0. The van der Waals surface area contributed by atoms with Gasteiger partial charge in [-0.25, -0.2) is 4.39 Å². The number of rotatable bonds is 1. The third kappa shape index (κ3) is 1.55. The van der Waals surface area contributed by atoms with Crippen LogP contribution in [0, 0.1) is 5.82 Å². The van der Waals surface area contributed by atoms with Gasteiger partial charge in [-0.15, -0.1) is 0 Å². The molecule has 0 amide bonds. The molecule has 0 radical (unpaired) electrons. The maximum atomic E-state index is 14.0. The fourth-order valence-corrected chi connectivity index (χ4v) is 2.65. The molecule has 1 nitrogen and oxygen atoms in total. The van der Waals surface area contributed by atoms with Crippen LogP contribution < -0.4 is 0 Å². The van der Waals surface area contributed by atoms with Crippen molar-refractivity contribution >= 4 is 21.9 Å². The van der Waals surface area contributed by atoms with Gasteiger partial charge in [-0.05, 0) is 23.3 Å². The Morgan fingerprint density at radius 1 is 0.750 bits per heavy atom. The second kappa shape index (κ2) is 4.20. The highest BCUT2D eigenvalue weighted by atomic mass is 19.1. The van der Waals surface area contributed by atoms with E-state index in [2.05, 4.69) is 0 Å². The number of benzene rings is 3. The number of para-hydroxylation sites is 1. The van der Waals surface area contributed by atoms with Crippen molar-refractivity contribution in [1.29, 1.82) is 0 Å². The largest absolute Gasteiger partial charge is 0.453 e. The molecule has 0 N–H and O–H groups in total. The van der Waals surface area contributed by atoms with E-state index in [1.807, 2.05) is 60.7 Å². The molecule has 1 heterocycles. The van der Waals surface area contributed by atoms with Gasteiger partial charge in [0.1, 0.15) is 5.58 Å².